The van der Waals surface area contributed by atoms with E-state index in [1.807, 2.05) is 0 Å². The van der Waals surface area contributed by atoms with E-state index in [1.54, 1.807) is 0 Å². The molecule has 78 valence electrons. The molecule has 1 unspecified atom stereocenters. The van der Waals surface area contributed by atoms with E-state index in [0.717, 1.165) is 6.61 Å². The molecule has 0 bridgehead atoms. The van der Waals surface area contributed by atoms with Crippen molar-refractivity contribution in [1.82, 2.24) is 0 Å². The fourth-order valence-electron chi connectivity index (χ4n) is 1.96. The van der Waals surface area contributed by atoms with E-state index >= 15 is 0 Å². The summed E-state index contributed by atoms with van der Waals surface area (Å²) in [7, 11) is -0.752. The fraction of sp³-hybridized carbons (Fsp3) is 1.00. The van der Waals surface area contributed by atoms with E-state index in [-0.39, 0.29) is 0 Å². The minimum atomic E-state index is -0.752. The van der Waals surface area contributed by atoms with Crippen LogP contribution in [-0.4, -0.2) is 15.6 Å². The smallest absolute Gasteiger partial charge is 0.173 e. The first-order chi connectivity index (χ1) is 6.39. The van der Waals surface area contributed by atoms with Gasteiger partial charge in [-0.25, -0.2) is 0 Å². The van der Waals surface area contributed by atoms with Gasteiger partial charge in [0.2, 0.25) is 0 Å². The molecule has 0 aromatic carbocycles. The second-order valence-electron chi connectivity index (χ2n) is 4.30. The van der Waals surface area contributed by atoms with Crippen molar-refractivity contribution in [2.75, 3.05) is 6.61 Å². The third-order valence-corrected chi connectivity index (χ3v) is 4.93. The molecule has 1 fully saturated rings. The van der Waals surface area contributed by atoms with E-state index in [1.165, 1.54) is 57.4 Å². The lowest BCUT2D eigenvalue weighted by Gasteiger charge is -2.12. The Kier molecular flexibility index (Phi) is 6.55. The Morgan fingerprint density at radius 3 is 2.00 bits per heavy atom. The minimum absolute atomic E-state index is 0.752. The highest BCUT2D eigenvalue weighted by Gasteiger charge is 2.05. The van der Waals surface area contributed by atoms with Crippen molar-refractivity contribution in [1.29, 1.82) is 0 Å². The van der Waals surface area contributed by atoms with Gasteiger partial charge in [0.1, 0.15) is 0 Å². The maximum absolute atomic E-state index is 5.85. The molecule has 1 rings (SSSR count). The Morgan fingerprint density at radius 1 is 0.769 bits per heavy atom. The first-order valence-corrected chi connectivity index (χ1v) is 8.45. The normalized spacial score (nSPS) is 28.8. The van der Waals surface area contributed by atoms with Crippen molar-refractivity contribution >= 4 is 9.04 Å². The highest BCUT2D eigenvalue weighted by molar-refractivity contribution is 6.50. The largest absolute Gasteiger partial charge is 0.420 e. The molecule has 2 heteroatoms. The van der Waals surface area contributed by atoms with Crippen molar-refractivity contribution in [2.45, 2.75) is 64.0 Å². The SMILES string of the molecule is C[SiH]1CCCCCCCCCCO1. The summed E-state index contributed by atoms with van der Waals surface area (Å²) in [5.41, 5.74) is 0. The molecule has 1 heterocycles. The minimum Gasteiger partial charge on any atom is -0.420 e. The fourth-order valence-corrected chi connectivity index (χ4v) is 3.56. The molecule has 13 heavy (non-hydrogen) atoms. The maximum Gasteiger partial charge on any atom is 0.173 e. The second-order valence-corrected chi connectivity index (χ2v) is 6.83. The summed E-state index contributed by atoms with van der Waals surface area (Å²) in [5.74, 6) is 0. The van der Waals surface area contributed by atoms with Crippen LogP contribution in [0.25, 0.3) is 0 Å². The van der Waals surface area contributed by atoms with E-state index < -0.39 is 9.04 Å². The summed E-state index contributed by atoms with van der Waals surface area (Å²) in [6.45, 7) is 3.40. The van der Waals surface area contributed by atoms with Crippen LogP contribution in [-0.2, 0) is 4.43 Å². The molecule has 0 aromatic heterocycles. The van der Waals surface area contributed by atoms with Crippen LogP contribution in [0, 0.1) is 0 Å². The lowest BCUT2D eigenvalue weighted by atomic mass is 10.1. The summed E-state index contributed by atoms with van der Waals surface area (Å²) in [6.07, 6.45) is 11.4. The quantitative estimate of drug-likeness (QED) is 0.544. The van der Waals surface area contributed by atoms with E-state index in [9.17, 15) is 0 Å². The Bertz CT molecular complexity index is 105. The molecule has 1 saturated heterocycles. The highest BCUT2D eigenvalue weighted by Crippen LogP contribution is 2.13. The summed E-state index contributed by atoms with van der Waals surface area (Å²) in [5, 5.41) is 0. The van der Waals surface area contributed by atoms with Crippen LogP contribution in [0.15, 0.2) is 0 Å². The maximum atomic E-state index is 5.85. The lowest BCUT2D eigenvalue weighted by Crippen LogP contribution is -2.14. The predicted molar refractivity (Wildman–Crippen MR) is 60.7 cm³/mol. The van der Waals surface area contributed by atoms with Crippen LogP contribution in [0.2, 0.25) is 12.6 Å². The van der Waals surface area contributed by atoms with Gasteiger partial charge < -0.3 is 4.43 Å². The van der Waals surface area contributed by atoms with Gasteiger partial charge in [-0.15, -0.1) is 0 Å². The highest BCUT2D eigenvalue weighted by atomic mass is 28.3. The Balaban J connectivity index is 2.11. The molecule has 1 aliphatic rings. The summed E-state index contributed by atoms with van der Waals surface area (Å²) in [6, 6.07) is 1.40. The van der Waals surface area contributed by atoms with Crippen LogP contribution in [0.4, 0.5) is 0 Å². The third kappa shape index (κ3) is 6.27. The van der Waals surface area contributed by atoms with Crippen LogP contribution < -0.4 is 0 Å². The van der Waals surface area contributed by atoms with Gasteiger partial charge in [0.15, 0.2) is 9.04 Å². The summed E-state index contributed by atoms with van der Waals surface area (Å²) >= 11 is 0. The Hall–Kier alpha value is 0.177. The predicted octanol–water partition coefficient (Wildman–Crippen LogP) is 3.49. The monoisotopic (exact) mass is 200 g/mol. The molecule has 0 saturated carbocycles. The van der Waals surface area contributed by atoms with Crippen LogP contribution >= 0.6 is 0 Å². The molecule has 0 radical (unpaired) electrons. The van der Waals surface area contributed by atoms with Gasteiger partial charge in [0.05, 0.1) is 0 Å². The number of hydrogen-bond donors (Lipinski definition) is 0. The molecule has 1 aliphatic heterocycles. The molecule has 0 N–H and O–H groups in total. The topological polar surface area (TPSA) is 9.23 Å². The van der Waals surface area contributed by atoms with Crippen molar-refractivity contribution in [3.63, 3.8) is 0 Å². The van der Waals surface area contributed by atoms with Gasteiger partial charge in [-0.2, -0.15) is 0 Å². The van der Waals surface area contributed by atoms with Crippen molar-refractivity contribution in [2.24, 2.45) is 0 Å². The molecular weight excluding hydrogens is 176 g/mol. The number of hydrogen-bond acceptors (Lipinski definition) is 1. The van der Waals surface area contributed by atoms with Gasteiger partial charge in [-0.3, -0.25) is 0 Å². The second kappa shape index (κ2) is 7.57. The number of rotatable bonds is 0. The van der Waals surface area contributed by atoms with Gasteiger partial charge in [-0.05, 0) is 19.0 Å². The molecule has 1 atom stereocenters. The average molecular weight is 200 g/mol. The molecule has 0 amide bonds. The van der Waals surface area contributed by atoms with Gasteiger partial charge in [0.25, 0.3) is 0 Å². The van der Waals surface area contributed by atoms with Crippen molar-refractivity contribution in [3.8, 4) is 0 Å². The zero-order valence-electron chi connectivity index (χ0n) is 9.06. The summed E-state index contributed by atoms with van der Waals surface area (Å²) < 4.78 is 5.85. The van der Waals surface area contributed by atoms with Gasteiger partial charge >= 0.3 is 0 Å². The molecule has 0 spiro atoms. The Labute approximate surface area is 84.6 Å². The van der Waals surface area contributed by atoms with E-state index in [4.69, 9.17) is 4.43 Å². The standard InChI is InChI=1S/C11H24OSi/c1-13-11-9-7-5-3-2-4-6-8-10-12-13/h13H,2-11H2,1H3. The molecule has 1 nitrogen and oxygen atoms in total. The zero-order valence-corrected chi connectivity index (χ0v) is 10.2. The molecule has 0 aliphatic carbocycles. The average Bonchev–Trinajstić information content (AvgIpc) is 2.11. The van der Waals surface area contributed by atoms with Gasteiger partial charge in [0, 0.05) is 6.61 Å². The Morgan fingerprint density at radius 2 is 1.31 bits per heavy atom. The van der Waals surface area contributed by atoms with Crippen LogP contribution in [0.1, 0.15) is 51.4 Å². The first kappa shape index (κ1) is 11.3. The van der Waals surface area contributed by atoms with Crippen molar-refractivity contribution in [3.05, 3.63) is 0 Å². The first-order valence-electron chi connectivity index (χ1n) is 6.01. The summed E-state index contributed by atoms with van der Waals surface area (Å²) in [4.78, 5) is 0. The van der Waals surface area contributed by atoms with Crippen LogP contribution in [0.3, 0.4) is 0 Å². The lowest BCUT2D eigenvalue weighted by molar-refractivity contribution is 0.305. The van der Waals surface area contributed by atoms with Gasteiger partial charge in [-0.1, -0.05) is 44.9 Å². The molecular formula is C11H24OSi. The van der Waals surface area contributed by atoms with Crippen molar-refractivity contribution < 1.29 is 4.43 Å². The molecule has 0 aromatic rings. The van der Waals surface area contributed by atoms with E-state index in [0.29, 0.717) is 0 Å². The third-order valence-electron chi connectivity index (χ3n) is 2.91. The van der Waals surface area contributed by atoms with Crippen LogP contribution in [0.5, 0.6) is 0 Å². The zero-order chi connectivity index (χ0) is 9.36. The van der Waals surface area contributed by atoms with E-state index in [2.05, 4.69) is 6.55 Å².